The van der Waals surface area contributed by atoms with Crippen molar-refractivity contribution in [1.82, 2.24) is 4.90 Å². The monoisotopic (exact) mass is 287 g/mol. The maximum absolute atomic E-state index is 5.46. The van der Waals surface area contributed by atoms with Crippen LogP contribution in [0.2, 0.25) is 0 Å². The molecule has 2 rings (SSSR count). The van der Waals surface area contributed by atoms with Gasteiger partial charge in [0.2, 0.25) is 0 Å². The fourth-order valence-electron chi connectivity index (χ4n) is 1.92. The standard InChI is InChI=1S/C16H17NS2/c1-19-16(18)17(12-14-8-4-2-5-9-14)13-15-10-6-3-7-11-15/h2-11H,12-13H2,1H3. The normalized spacial score (nSPS) is 10.2. The lowest BCUT2D eigenvalue weighted by atomic mass is 10.2. The third-order valence-corrected chi connectivity index (χ3v) is 4.23. The number of thiocarbonyl (C=S) groups is 1. The maximum atomic E-state index is 5.46. The average molecular weight is 287 g/mol. The SMILES string of the molecule is CSC(=S)N(Cc1ccccc1)Cc1ccccc1. The quantitative estimate of drug-likeness (QED) is 0.770. The molecule has 0 atom stereocenters. The van der Waals surface area contributed by atoms with Gasteiger partial charge < -0.3 is 4.90 Å². The summed E-state index contributed by atoms with van der Waals surface area (Å²) >= 11 is 7.09. The van der Waals surface area contributed by atoms with Crippen LogP contribution >= 0.6 is 24.0 Å². The molecule has 0 unspecified atom stereocenters. The third-order valence-electron chi connectivity index (χ3n) is 2.87. The zero-order chi connectivity index (χ0) is 13.5. The fraction of sp³-hybridized carbons (Fsp3) is 0.188. The predicted octanol–water partition coefficient (Wildman–Crippen LogP) is 4.34. The molecule has 0 aromatic heterocycles. The molecule has 0 radical (unpaired) electrons. The molecule has 0 aliphatic heterocycles. The summed E-state index contributed by atoms with van der Waals surface area (Å²) in [6.07, 6.45) is 2.03. The van der Waals surface area contributed by atoms with Crippen LogP contribution in [-0.2, 0) is 13.1 Å². The third kappa shape index (κ3) is 4.37. The van der Waals surface area contributed by atoms with Gasteiger partial charge in [0, 0.05) is 13.1 Å². The van der Waals surface area contributed by atoms with Crippen molar-refractivity contribution in [2.24, 2.45) is 0 Å². The first-order valence-electron chi connectivity index (χ1n) is 6.20. The first-order chi connectivity index (χ1) is 9.29. The molecule has 0 aliphatic carbocycles. The van der Waals surface area contributed by atoms with Crippen molar-refractivity contribution in [1.29, 1.82) is 0 Å². The summed E-state index contributed by atoms with van der Waals surface area (Å²) in [5.74, 6) is 0. The number of thioether (sulfide) groups is 1. The Morgan fingerprint density at radius 2 is 1.32 bits per heavy atom. The van der Waals surface area contributed by atoms with Crippen LogP contribution in [0.25, 0.3) is 0 Å². The summed E-state index contributed by atoms with van der Waals surface area (Å²) < 4.78 is 0.938. The number of benzene rings is 2. The summed E-state index contributed by atoms with van der Waals surface area (Å²) in [6, 6.07) is 20.9. The minimum Gasteiger partial charge on any atom is -0.349 e. The molecular formula is C16H17NS2. The number of hydrogen-bond donors (Lipinski definition) is 0. The van der Waals surface area contributed by atoms with Crippen molar-refractivity contribution in [3.8, 4) is 0 Å². The summed E-state index contributed by atoms with van der Waals surface area (Å²) in [4.78, 5) is 2.24. The van der Waals surface area contributed by atoms with Crippen LogP contribution in [0.1, 0.15) is 11.1 Å². The summed E-state index contributed by atoms with van der Waals surface area (Å²) in [5.41, 5.74) is 2.57. The van der Waals surface area contributed by atoms with Gasteiger partial charge >= 0.3 is 0 Å². The molecule has 0 saturated heterocycles. The van der Waals surface area contributed by atoms with E-state index in [1.807, 2.05) is 18.4 Å². The lowest BCUT2D eigenvalue weighted by Gasteiger charge is -2.24. The zero-order valence-electron chi connectivity index (χ0n) is 11.0. The predicted molar refractivity (Wildman–Crippen MR) is 88.2 cm³/mol. The lowest BCUT2D eigenvalue weighted by Crippen LogP contribution is -2.26. The molecule has 0 fully saturated rings. The molecule has 0 saturated carbocycles. The van der Waals surface area contributed by atoms with Crippen molar-refractivity contribution in [2.45, 2.75) is 13.1 Å². The molecular weight excluding hydrogens is 270 g/mol. The van der Waals surface area contributed by atoms with E-state index in [9.17, 15) is 0 Å². The highest BCUT2D eigenvalue weighted by atomic mass is 32.2. The summed E-state index contributed by atoms with van der Waals surface area (Å²) in [5, 5.41) is 0. The average Bonchev–Trinajstić information content (AvgIpc) is 2.48. The van der Waals surface area contributed by atoms with E-state index >= 15 is 0 Å². The molecule has 98 valence electrons. The van der Waals surface area contributed by atoms with Gasteiger partial charge in [-0.15, -0.1) is 11.8 Å². The van der Waals surface area contributed by atoms with E-state index in [4.69, 9.17) is 12.2 Å². The zero-order valence-corrected chi connectivity index (χ0v) is 12.6. The van der Waals surface area contributed by atoms with Gasteiger partial charge in [0.1, 0.15) is 4.32 Å². The molecule has 3 heteroatoms. The highest BCUT2D eigenvalue weighted by Gasteiger charge is 2.10. The van der Waals surface area contributed by atoms with E-state index in [2.05, 4.69) is 53.4 Å². The second-order valence-corrected chi connectivity index (χ2v) is 5.74. The van der Waals surface area contributed by atoms with Crippen molar-refractivity contribution in [3.05, 3.63) is 71.8 Å². The van der Waals surface area contributed by atoms with Gasteiger partial charge in [-0.25, -0.2) is 0 Å². The smallest absolute Gasteiger partial charge is 0.136 e. The van der Waals surface area contributed by atoms with E-state index in [-0.39, 0.29) is 0 Å². The first kappa shape index (κ1) is 14.1. The van der Waals surface area contributed by atoms with E-state index in [1.165, 1.54) is 11.1 Å². The molecule has 19 heavy (non-hydrogen) atoms. The first-order valence-corrected chi connectivity index (χ1v) is 7.83. The molecule has 0 aliphatic rings. The topological polar surface area (TPSA) is 3.24 Å². The Morgan fingerprint density at radius 3 is 1.68 bits per heavy atom. The van der Waals surface area contributed by atoms with E-state index < -0.39 is 0 Å². The van der Waals surface area contributed by atoms with Gasteiger partial charge in [0.15, 0.2) is 0 Å². The Hall–Kier alpha value is -1.32. The van der Waals surface area contributed by atoms with Gasteiger partial charge in [-0.2, -0.15) is 0 Å². The van der Waals surface area contributed by atoms with Crippen LogP contribution in [0.15, 0.2) is 60.7 Å². The minimum absolute atomic E-state index is 0.857. The Morgan fingerprint density at radius 1 is 0.895 bits per heavy atom. The van der Waals surface area contributed by atoms with Gasteiger partial charge in [-0.3, -0.25) is 0 Å². The minimum atomic E-state index is 0.857. The largest absolute Gasteiger partial charge is 0.349 e. The van der Waals surface area contributed by atoms with Gasteiger partial charge in [0.25, 0.3) is 0 Å². The maximum Gasteiger partial charge on any atom is 0.136 e. The van der Waals surface area contributed by atoms with E-state index in [1.54, 1.807) is 11.8 Å². The van der Waals surface area contributed by atoms with Crippen LogP contribution in [0.4, 0.5) is 0 Å². The number of hydrogen-bond acceptors (Lipinski definition) is 2. The number of nitrogens with zero attached hydrogens (tertiary/aromatic N) is 1. The Kier molecular flexibility index (Phi) is 5.43. The molecule has 2 aromatic rings. The molecule has 0 amide bonds. The lowest BCUT2D eigenvalue weighted by molar-refractivity contribution is 0.421. The van der Waals surface area contributed by atoms with Crippen molar-refractivity contribution < 1.29 is 0 Å². The van der Waals surface area contributed by atoms with Crippen LogP contribution in [-0.4, -0.2) is 15.5 Å². The van der Waals surface area contributed by atoms with Crippen LogP contribution in [0.3, 0.4) is 0 Å². The molecule has 0 heterocycles. The Balaban J connectivity index is 2.10. The summed E-state index contributed by atoms with van der Waals surface area (Å²) in [6.45, 7) is 1.71. The molecule has 0 spiro atoms. The van der Waals surface area contributed by atoms with Crippen molar-refractivity contribution in [3.63, 3.8) is 0 Å². The molecule has 0 bridgehead atoms. The van der Waals surface area contributed by atoms with Crippen molar-refractivity contribution >= 4 is 28.3 Å². The number of rotatable bonds is 4. The van der Waals surface area contributed by atoms with Gasteiger partial charge in [0.05, 0.1) is 0 Å². The van der Waals surface area contributed by atoms with Crippen LogP contribution in [0.5, 0.6) is 0 Å². The van der Waals surface area contributed by atoms with Crippen molar-refractivity contribution in [2.75, 3.05) is 6.26 Å². The van der Waals surface area contributed by atoms with Gasteiger partial charge in [-0.05, 0) is 17.4 Å². The Labute approximate surface area is 124 Å². The highest BCUT2D eigenvalue weighted by Crippen LogP contribution is 2.15. The highest BCUT2D eigenvalue weighted by molar-refractivity contribution is 8.22. The molecule has 1 nitrogen and oxygen atoms in total. The van der Waals surface area contributed by atoms with E-state index in [0.29, 0.717) is 0 Å². The second-order valence-electron chi connectivity index (χ2n) is 4.30. The second kappa shape index (κ2) is 7.31. The van der Waals surface area contributed by atoms with E-state index in [0.717, 1.165) is 17.4 Å². The van der Waals surface area contributed by atoms with Crippen LogP contribution < -0.4 is 0 Å². The molecule has 2 aromatic carbocycles. The Bertz CT molecular complexity index is 469. The molecule has 0 N–H and O–H groups in total. The van der Waals surface area contributed by atoms with Crippen LogP contribution in [0, 0.1) is 0 Å². The summed E-state index contributed by atoms with van der Waals surface area (Å²) in [7, 11) is 0. The van der Waals surface area contributed by atoms with Gasteiger partial charge in [-0.1, -0.05) is 72.9 Å². The fourth-order valence-corrected chi connectivity index (χ4v) is 2.44.